The second-order valence-electron chi connectivity index (χ2n) is 4.59. The number of amides is 2. The van der Waals surface area contributed by atoms with Gasteiger partial charge in [0.2, 0.25) is 11.8 Å². The Kier molecular flexibility index (Phi) is 4.79. The van der Waals surface area contributed by atoms with E-state index in [0.717, 1.165) is 4.90 Å². The van der Waals surface area contributed by atoms with Gasteiger partial charge in [-0.25, -0.2) is 0 Å². The van der Waals surface area contributed by atoms with Gasteiger partial charge in [-0.1, -0.05) is 0 Å². The number of hydrogen-bond donors (Lipinski definition) is 1. The summed E-state index contributed by atoms with van der Waals surface area (Å²) < 4.78 is 0. The maximum absolute atomic E-state index is 12.1. The molecule has 1 aromatic rings. The molecule has 0 radical (unpaired) electrons. The first kappa shape index (κ1) is 15.3. The van der Waals surface area contributed by atoms with Crippen LogP contribution in [0.25, 0.3) is 0 Å². The zero-order valence-corrected chi connectivity index (χ0v) is 12.3. The van der Waals surface area contributed by atoms with Crippen molar-refractivity contribution in [2.75, 3.05) is 18.8 Å². The van der Waals surface area contributed by atoms with Crippen molar-refractivity contribution in [2.45, 2.75) is 17.9 Å². The van der Waals surface area contributed by atoms with Gasteiger partial charge < -0.3 is 10.2 Å². The first-order chi connectivity index (χ1) is 9.99. The lowest BCUT2D eigenvalue weighted by Gasteiger charge is -2.32. The van der Waals surface area contributed by atoms with E-state index in [0.29, 0.717) is 13.1 Å². The SMILES string of the molecule is CC1C(=O)NCCN1C(=O)CSc1ccc([N+](=O)[O-])cc1. The summed E-state index contributed by atoms with van der Waals surface area (Å²) in [6.45, 7) is 2.67. The lowest BCUT2D eigenvalue weighted by atomic mass is 10.2. The molecule has 1 fully saturated rings. The molecule has 1 aromatic carbocycles. The summed E-state index contributed by atoms with van der Waals surface area (Å²) in [4.78, 5) is 36.0. The average molecular weight is 309 g/mol. The van der Waals surface area contributed by atoms with Crippen LogP contribution in [-0.4, -0.2) is 46.5 Å². The van der Waals surface area contributed by atoms with Crippen LogP contribution in [0.1, 0.15) is 6.92 Å². The molecular formula is C13H15N3O4S. The molecule has 112 valence electrons. The zero-order valence-electron chi connectivity index (χ0n) is 11.4. The predicted octanol–water partition coefficient (Wildman–Crippen LogP) is 1.03. The standard InChI is InChI=1S/C13H15N3O4S/c1-9-13(18)14-6-7-15(9)12(17)8-21-11-4-2-10(3-5-11)16(19)20/h2-5,9H,6-8H2,1H3,(H,14,18). The highest BCUT2D eigenvalue weighted by Gasteiger charge is 2.28. The number of nitro benzene ring substituents is 1. The van der Waals surface area contributed by atoms with Gasteiger partial charge in [-0.2, -0.15) is 0 Å². The van der Waals surface area contributed by atoms with Gasteiger partial charge in [0.25, 0.3) is 5.69 Å². The summed E-state index contributed by atoms with van der Waals surface area (Å²) in [6.07, 6.45) is 0. The quantitative estimate of drug-likeness (QED) is 0.509. The van der Waals surface area contributed by atoms with E-state index in [4.69, 9.17) is 0 Å². The van der Waals surface area contributed by atoms with Crippen LogP contribution in [0.4, 0.5) is 5.69 Å². The summed E-state index contributed by atoms with van der Waals surface area (Å²) in [7, 11) is 0. The number of carbonyl (C=O) groups is 2. The van der Waals surface area contributed by atoms with Gasteiger partial charge in [-0.3, -0.25) is 19.7 Å². The molecule has 1 aliphatic heterocycles. The van der Waals surface area contributed by atoms with Crippen LogP contribution in [0, 0.1) is 10.1 Å². The molecule has 0 saturated carbocycles. The van der Waals surface area contributed by atoms with E-state index in [1.165, 1.54) is 23.9 Å². The molecule has 1 unspecified atom stereocenters. The Morgan fingerprint density at radius 2 is 2.14 bits per heavy atom. The molecule has 2 amide bonds. The molecule has 0 aromatic heterocycles. The van der Waals surface area contributed by atoms with E-state index in [1.807, 2.05) is 0 Å². The van der Waals surface area contributed by atoms with Gasteiger partial charge in [-0.15, -0.1) is 11.8 Å². The lowest BCUT2D eigenvalue weighted by molar-refractivity contribution is -0.384. The number of carbonyl (C=O) groups excluding carboxylic acids is 2. The first-order valence-corrected chi connectivity index (χ1v) is 7.42. The summed E-state index contributed by atoms with van der Waals surface area (Å²) in [5.74, 6) is -0.0502. The van der Waals surface area contributed by atoms with Gasteiger partial charge in [-0.05, 0) is 19.1 Å². The Morgan fingerprint density at radius 3 is 2.76 bits per heavy atom. The molecule has 1 aliphatic rings. The van der Waals surface area contributed by atoms with Crippen molar-refractivity contribution in [1.29, 1.82) is 0 Å². The zero-order chi connectivity index (χ0) is 15.4. The van der Waals surface area contributed by atoms with Crippen molar-refractivity contribution in [2.24, 2.45) is 0 Å². The topological polar surface area (TPSA) is 92.6 Å². The number of piperazine rings is 1. The third kappa shape index (κ3) is 3.72. The Bertz CT molecular complexity index is 561. The number of thioether (sulfide) groups is 1. The van der Waals surface area contributed by atoms with Crippen molar-refractivity contribution < 1.29 is 14.5 Å². The van der Waals surface area contributed by atoms with Crippen LogP contribution in [0.5, 0.6) is 0 Å². The average Bonchev–Trinajstić information content (AvgIpc) is 2.48. The van der Waals surface area contributed by atoms with Crippen LogP contribution in [-0.2, 0) is 9.59 Å². The van der Waals surface area contributed by atoms with Crippen molar-refractivity contribution in [3.05, 3.63) is 34.4 Å². The molecular weight excluding hydrogens is 294 g/mol. The number of benzene rings is 1. The maximum atomic E-state index is 12.1. The molecule has 1 N–H and O–H groups in total. The van der Waals surface area contributed by atoms with E-state index in [2.05, 4.69) is 5.32 Å². The van der Waals surface area contributed by atoms with Crippen molar-refractivity contribution >= 4 is 29.3 Å². The van der Waals surface area contributed by atoms with Gasteiger partial charge >= 0.3 is 0 Å². The predicted molar refractivity (Wildman–Crippen MR) is 78.0 cm³/mol. The fourth-order valence-electron chi connectivity index (χ4n) is 2.02. The minimum absolute atomic E-state index is 0.0204. The number of nitrogens with zero attached hydrogens (tertiary/aromatic N) is 2. The van der Waals surface area contributed by atoms with E-state index < -0.39 is 11.0 Å². The highest BCUT2D eigenvalue weighted by Crippen LogP contribution is 2.22. The van der Waals surface area contributed by atoms with Crippen LogP contribution in [0.3, 0.4) is 0 Å². The number of nitrogens with one attached hydrogen (secondary N) is 1. The number of rotatable bonds is 4. The maximum Gasteiger partial charge on any atom is 0.269 e. The normalized spacial score (nSPS) is 18.2. The molecule has 2 rings (SSSR count). The highest BCUT2D eigenvalue weighted by molar-refractivity contribution is 8.00. The third-order valence-electron chi connectivity index (χ3n) is 3.23. The Morgan fingerprint density at radius 1 is 1.48 bits per heavy atom. The molecule has 21 heavy (non-hydrogen) atoms. The largest absolute Gasteiger partial charge is 0.353 e. The number of non-ortho nitro benzene ring substituents is 1. The van der Waals surface area contributed by atoms with Crippen LogP contribution >= 0.6 is 11.8 Å². The summed E-state index contributed by atoms with van der Waals surface area (Å²) >= 11 is 1.30. The smallest absolute Gasteiger partial charge is 0.269 e. The van der Waals surface area contributed by atoms with Crippen molar-refractivity contribution in [1.82, 2.24) is 10.2 Å². The monoisotopic (exact) mass is 309 g/mol. The summed E-state index contributed by atoms with van der Waals surface area (Å²) in [5.41, 5.74) is 0.0204. The van der Waals surface area contributed by atoms with Gasteiger partial charge in [0.05, 0.1) is 10.7 Å². The molecule has 1 atom stereocenters. The van der Waals surface area contributed by atoms with Gasteiger partial charge in [0, 0.05) is 30.1 Å². The summed E-state index contributed by atoms with van der Waals surface area (Å²) in [5, 5.41) is 13.3. The molecule has 0 spiro atoms. The number of hydrogen-bond acceptors (Lipinski definition) is 5. The van der Waals surface area contributed by atoms with Crippen LogP contribution in [0.15, 0.2) is 29.2 Å². The van der Waals surface area contributed by atoms with Crippen molar-refractivity contribution in [3.63, 3.8) is 0 Å². The van der Waals surface area contributed by atoms with E-state index in [9.17, 15) is 19.7 Å². The van der Waals surface area contributed by atoms with Crippen molar-refractivity contribution in [3.8, 4) is 0 Å². The first-order valence-electron chi connectivity index (χ1n) is 6.43. The van der Waals surface area contributed by atoms with E-state index >= 15 is 0 Å². The van der Waals surface area contributed by atoms with E-state index in [-0.39, 0.29) is 23.3 Å². The minimum Gasteiger partial charge on any atom is -0.353 e. The molecule has 1 saturated heterocycles. The Hall–Kier alpha value is -2.09. The molecule has 1 heterocycles. The fraction of sp³-hybridized carbons (Fsp3) is 0.385. The third-order valence-corrected chi connectivity index (χ3v) is 4.23. The van der Waals surface area contributed by atoms with Crippen LogP contribution < -0.4 is 5.32 Å². The second-order valence-corrected chi connectivity index (χ2v) is 5.64. The molecule has 0 bridgehead atoms. The van der Waals surface area contributed by atoms with Gasteiger partial charge in [0.15, 0.2) is 0 Å². The Labute approximate surface area is 125 Å². The number of nitro groups is 1. The van der Waals surface area contributed by atoms with Crippen LogP contribution in [0.2, 0.25) is 0 Å². The Balaban J connectivity index is 1.91. The minimum atomic E-state index is -0.465. The molecule has 8 heteroatoms. The van der Waals surface area contributed by atoms with Gasteiger partial charge in [0.1, 0.15) is 6.04 Å². The van der Waals surface area contributed by atoms with E-state index in [1.54, 1.807) is 24.0 Å². The fourth-order valence-corrected chi connectivity index (χ4v) is 2.80. The molecule has 0 aliphatic carbocycles. The summed E-state index contributed by atoms with van der Waals surface area (Å²) in [6, 6.07) is 5.59. The molecule has 7 nitrogen and oxygen atoms in total. The highest BCUT2D eigenvalue weighted by atomic mass is 32.2. The second kappa shape index (κ2) is 6.57. The lowest BCUT2D eigenvalue weighted by Crippen LogP contribution is -2.56.